The van der Waals surface area contributed by atoms with Crippen LogP contribution in [-0.2, 0) is 10.8 Å². The molecule has 14 rings (SSSR count). The Balaban J connectivity index is 0.876. The predicted molar refractivity (Wildman–Crippen MR) is 301 cm³/mol. The zero-order valence-corrected chi connectivity index (χ0v) is 40.3. The highest BCUT2D eigenvalue weighted by atomic mass is 15.2. The van der Waals surface area contributed by atoms with Crippen LogP contribution in [0.5, 0.6) is 0 Å². The maximum absolute atomic E-state index is 2.44. The SMILES string of the molecule is CC1(C)c2ccccc2-c2ccc(-c3ccc(N(c4ccc(-c5ccccc5)cc4)c4ccc(-c5cccc6c5-c5ccccc5C65c6ccccc6N(c6ccccc6)c6ccccc65)cc4)cc3)cc21. The van der Waals surface area contributed by atoms with Crippen molar-refractivity contribution in [2.45, 2.75) is 24.7 Å². The van der Waals surface area contributed by atoms with E-state index in [0.717, 1.165) is 22.7 Å². The van der Waals surface area contributed by atoms with Crippen LogP contribution in [0, 0.1) is 0 Å². The van der Waals surface area contributed by atoms with Crippen molar-refractivity contribution in [2.24, 2.45) is 0 Å². The van der Waals surface area contributed by atoms with Gasteiger partial charge in [-0.2, -0.15) is 0 Å². The third kappa shape index (κ3) is 6.22. The highest BCUT2D eigenvalue weighted by Crippen LogP contribution is 2.64. The van der Waals surface area contributed by atoms with Crippen LogP contribution in [0.25, 0.3) is 55.6 Å². The van der Waals surface area contributed by atoms with Crippen molar-refractivity contribution in [1.82, 2.24) is 0 Å². The summed E-state index contributed by atoms with van der Waals surface area (Å²) in [5.41, 5.74) is 26.8. The van der Waals surface area contributed by atoms with E-state index < -0.39 is 5.41 Å². The molecule has 2 nitrogen and oxygen atoms in total. The maximum atomic E-state index is 2.44. The molecule has 0 fully saturated rings. The summed E-state index contributed by atoms with van der Waals surface area (Å²) in [6, 6.07) is 98.9. The molecule has 1 heterocycles. The highest BCUT2D eigenvalue weighted by molar-refractivity contribution is 6.00. The summed E-state index contributed by atoms with van der Waals surface area (Å²) in [4.78, 5) is 4.83. The molecule has 72 heavy (non-hydrogen) atoms. The predicted octanol–water partition coefficient (Wildman–Crippen LogP) is 18.6. The molecule has 340 valence electrons. The Morgan fingerprint density at radius 1 is 0.292 bits per heavy atom. The van der Waals surface area contributed by atoms with Crippen LogP contribution in [0.2, 0.25) is 0 Å². The van der Waals surface area contributed by atoms with E-state index in [1.165, 1.54) is 100 Å². The van der Waals surface area contributed by atoms with Crippen molar-refractivity contribution < 1.29 is 0 Å². The molecule has 0 radical (unpaired) electrons. The van der Waals surface area contributed by atoms with Crippen molar-refractivity contribution in [3.63, 3.8) is 0 Å². The van der Waals surface area contributed by atoms with Crippen molar-refractivity contribution in [3.05, 3.63) is 300 Å². The van der Waals surface area contributed by atoms with E-state index in [4.69, 9.17) is 0 Å². The summed E-state index contributed by atoms with van der Waals surface area (Å²) < 4.78 is 0. The first-order valence-corrected chi connectivity index (χ1v) is 25.2. The molecule has 2 aliphatic carbocycles. The van der Waals surface area contributed by atoms with Gasteiger partial charge in [0, 0.05) is 28.2 Å². The number of nitrogens with zero attached hydrogens (tertiary/aromatic N) is 2. The number of hydrogen-bond acceptors (Lipinski definition) is 2. The van der Waals surface area contributed by atoms with Crippen molar-refractivity contribution in [1.29, 1.82) is 0 Å². The van der Waals surface area contributed by atoms with Crippen LogP contribution in [0.4, 0.5) is 34.1 Å². The lowest BCUT2D eigenvalue weighted by atomic mass is 9.64. The quantitative estimate of drug-likeness (QED) is 0.157. The molecule has 0 N–H and O–H groups in total. The number of para-hydroxylation sites is 3. The fraction of sp³-hybridized carbons (Fsp3) is 0.0571. The molecule has 0 atom stereocenters. The first kappa shape index (κ1) is 41.9. The van der Waals surface area contributed by atoms with Gasteiger partial charge in [0.2, 0.25) is 0 Å². The van der Waals surface area contributed by atoms with Crippen LogP contribution in [0.1, 0.15) is 47.2 Å². The lowest BCUT2D eigenvalue weighted by Crippen LogP contribution is -2.36. The molecule has 2 heteroatoms. The van der Waals surface area contributed by atoms with E-state index in [9.17, 15) is 0 Å². The number of anilines is 6. The summed E-state index contributed by atoms with van der Waals surface area (Å²) >= 11 is 0. The van der Waals surface area contributed by atoms with Crippen LogP contribution in [-0.4, -0.2) is 0 Å². The normalized spacial score (nSPS) is 13.9. The molecule has 11 aromatic rings. The number of fused-ring (bicyclic) bond motifs is 12. The smallest absolute Gasteiger partial charge is 0.0754 e. The Hall–Kier alpha value is -8.98. The summed E-state index contributed by atoms with van der Waals surface area (Å²) in [6.45, 7) is 4.71. The van der Waals surface area contributed by atoms with Crippen molar-refractivity contribution in [2.75, 3.05) is 9.80 Å². The zero-order valence-electron chi connectivity index (χ0n) is 40.3. The summed E-state index contributed by atoms with van der Waals surface area (Å²) in [5, 5.41) is 0. The number of rotatable bonds is 7. The number of benzene rings is 11. The van der Waals surface area contributed by atoms with Gasteiger partial charge in [-0.25, -0.2) is 0 Å². The standard InChI is InChI=1S/C70H50N2/c1-69(2)60-25-11-9-22-57(60)58-45-38-51(46-65(58)69)49-34-41-54(42-35-49)71(53-39-32-48(33-40-53)47-18-5-3-6-19-47)55-43-36-50(37-44-55)56-24-17-29-64-68(56)59-23-10-12-26-61(59)70(64)62-27-13-15-30-66(62)72(52-20-7-4-8-21-52)67-31-16-14-28-63(67)70/h3-46H,1-2H3. The van der Waals surface area contributed by atoms with Crippen molar-refractivity contribution in [3.8, 4) is 55.6 Å². The lowest BCUT2D eigenvalue weighted by Gasteiger charge is -2.45. The molecule has 1 aliphatic heterocycles. The van der Waals surface area contributed by atoms with E-state index in [0.29, 0.717) is 0 Å². The van der Waals surface area contributed by atoms with Crippen LogP contribution in [0.15, 0.2) is 267 Å². The number of hydrogen-bond donors (Lipinski definition) is 0. The monoisotopic (exact) mass is 918 g/mol. The van der Waals surface area contributed by atoms with Crippen LogP contribution < -0.4 is 9.80 Å². The minimum absolute atomic E-state index is 0.0569. The molecule has 0 bridgehead atoms. The average molecular weight is 919 g/mol. The third-order valence-electron chi connectivity index (χ3n) is 15.9. The Morgan fingerprint density at radius 3 is 1.35 bits per heavy atom. The Morgan fingerprint density at radius 2 is 0.722 bits per heavy atom. The molecule has 0 saturated carbocycles. The summed E-state index contributed by atoms with van der Waals surface area (Å²) in [5.74, 6) is 0. The van der Waals surface area contributed by atoms with Gasteiger partial charge in [0.05, 0.1) is 16.8 Å². The van der Waals surface area contributed by atoms with Gasteiger partial charge < -0.3 is 9.80 Å². The van der Waals surface area contributed by atoms with E-state index in [-0.39, 0.29) is 5.41 Å². The third-order valence-corrected chi connectivity index (χ3v) is 15.9. The van der Waals surface area contributed by atoms with Gasteiger partial charge in [-0.3, -0.25) is 0 Å². The first-order valence-electron chi connectivity index (χ1n) is 25.2. The van der Waals surface area contributed by atoms with Gasteiger partial charge in [0.25, 0.3) is 0 Å². The molecule has 0 unspecified atom stereocenters. The van der Waals surface area contributed by atoms with E-state index in [1.54, 1.807) is 0 Å². The van der Waals surface area contributed by atoms with E-state index in [1.807, 2.05) is 0 Å². The largest absolute Gasteiger partial charge is 0.311 e. The minimum Gasteiger partial charge on any atom is -0.311 e. The van der Waals surface area contributed by atoms with Gasteiger partial charge >= 0.3 is 0 Å². The topological polar surface area (TPSA) is 6.48 Å². The van der Waals surface area contributed by atoms with Crippen LogP contribution in [0.3, 0.4) is 0 Å². The average Bonchev–Trinajstić information content (AvgIpc) is 3.87. The second-order valence-corrected chi connectivity index (χ2v) is 20.0. The molecule has 0 amide bonds. The Labute approximate surface area is 422 Å². The minimum atomic E-state index is -0.518. The lowest BCUT2D eigenvalue weighted by molar-refractivity contribution is 0.660. The molecule has 0 saturated heterocycles. The van der Waals surface area contributed by atoms with Crippen LogP contribution >= 0.6 is 0 Å². The first-order chi connectivity index (χ1) is 35.5. The molecule has 3 aliphatic rings. The van der Waals surface area contributed by atoms with Crippen molar-refractivity contribution >= 4 is 34.1 Å². The summed E-state index contributed by atoms with van der Waals surface area (Å²) in [7, 11) is 0. The van der Waals surface area contributed by atoms with Gasteiger partial charge in [-0.15, -0.1) is 0 Å². The molecule has 0 aromatic heterocycles. The molecular weight excluding hydrogens is 869 g/mol. The summed E-state index contributed by atoms with van der Waals surface area (Å²) in [6.07, 6.45) is 0. The zero-order chi connectivity index (χ0) is 48.0. The second-order valence-electron chi connectivity index (χ2n) is 20.0. The van der Waals surface area contributed by atoms with Gasteiger partial charge in [-0.1, -0.05) is 214 Å². The second kappa shape index (κ2) is 16.3. The molecule has 11 aromatic carbocycles. The van der Waals surface area contributed by atoms with Gasteiger partial charge in [0.15, 0.2) is 0 Å². The van der Waals surface area contributed by atoms with E-state index >= 15 is 0 Å². The van der Waals surface area contributed by atoms with E-state index in [2.05, 4.69) is 291 Å². The van der Waals surface area contributed by atoms with Gasteiger partial charge in [-0.05, 0) is 156 Å². The highest BCUT2D eigenvalue weighted by Gasteiger charge is 2.52. The fourth-order valence-electron chi connectivity index (χ4n) is 12.6. The fourth-order valence-corrected chi connectivity index (χ4v) is 12.6. The Bertz CT molecular complexity index is 3820. The maximum Gasteiger partial charge on any atom is 0.0754 e. The Kier molecular flexibility index (Phi) is 9.50. The molecule has 1 spiro atoms. The van der Waals surface area contributed by atoms with Gasteiger partial charge in [0.1, 0.15) is 0 Å². The molecular formula is C70H50N2.